The van der Waals surface area contributed by atoms with Gasteiger partial charge in [-0.1, -0.05) is 26.8 Å². The Kier molecular flexibility index (Phi) is 2.30. The zero-order chi connectivity index (χ0) is 11.3. The summed E-state index contributed by atoms with van der Waals surface area (Å²) in [4.78, 5) is 12.1. The van der Waals surface area contributed by atoms with Gasteiger partial charge in [-0.05, 0) is 25.3 Å². The normalized spacial score (nSPS) is 38.8. The van der Waals surface area contributed by atoms with Crippen LogP contribution >= 0.6 is 0 Å². The van der Waals surface area contributed by atoms with Gasteiger partial charge in [-0.25, -0.2) is 0 Å². The highest BCUT2D eigenvalue weighted by molar-refractivity contribution is 6.00. The number of carbonyl (C=O) groups excluding carboxylic acids is 1. The average Bonchev–Trinajstić information content (AvgIpc) is 2.95. The molecule has 0 aromatic rings. The van der Waals surface area contributed by atoms with E-state index < -0.39 is 0 Å². The van der Waals surface area contributed by atoms with Crippen molar-refractivity contribution < 1.29 is 9.53 Å². The molecule has 0 radical (unpaired) electrons. The molecule has 2 rings (SSSR count). The number of carbonyl (C=O) groups is 1. The summed E-state index contributed by atoms with van der Waals surface area (Å²) in [6, 6.07) is 0. The smallest absolute Gasteiger partial charge is 0.164 e. The fraction of sp³-hybridized carbons (Fsp3) is 0.769. The van der Waals surface area contributed by atoms with E-state index in [4.69, 9.17) is 4.74 Å². The van der Waals surface area contributed by atoms with Crippen LogP contribution in [0.25, 0.3) is 0 Å². The number of hydrogen-bond donors (Lipinski definition) is 0. The van der Waals surface area contributed by atoms with E-state index in [1.54, 1.807) is 0 Å². The van der Waals surface area contributed by atoms with E-state index in [2.05, 4.69) is 26.8 Å². The van der Waals surface area contributed by atoms with Gasteiger partial charge in [0.1, 0.15) is 0 Å². The first kappa shape index (κ1) is 10.9. The number of hydrogen-bond acceptors (Lipinski definition) is 2. The molecule has 2 heteroatoms. The minimum absolute atomic E-state index is 0.00361. The maximum Gasteiger partial charge on any atom is 0.164 e. The van der Waals surface area contributed by atoms with Gasteiger partial charge in [-0.15, -0.1) is 0 Å². The Labute approximate surface area is 91.7 Å². The van der Waals surface area contributed by atoms with E-state index in [9.17, 15) is 4.79 Å². The lowest BCUT2D eigenvalue weighted by atomic mass is 9.63. The van der Waals surface area contributed by atoms with Crippen molar-refractivity contribution in [2.75, 3.05) is 6.61 Å². The Morgan fingerprint density at radius 3 is 2.60 bits per heavy atom. The topological polar surface area (TPSA) is 29.6 Å². The largest absolute Gasteiger partial charge is 0.369 e. The SMILES string of the molecule is CCC1([C@@H]2CC=C(C)C(=O)C2(C)C)CO1. The van der Waals surface area contributed by atoms with Crippen molar-refractivity contribution in [2.45, 2.75) is 46.1 Å². The molecule has 2 aliphatic rings. The lowest BCUT2D eigenvalue weighted by molar-refractivity contribution is -0.128. The second-order valence-electron chi connectivity index (χ2n) is 5.43. The zero-order valence-electron chi connectivity index (χ0n) is 10.1. The molecule has 2 nitrogen and oxygen atoms in total. The summed E-state index contributed by atoms with van der Waals surface area (Å²) in [6.45, 7) is 9.04. The minimum atomic E-state index is -0.259. The van der Waals surface area contributed by atoms with E-state index >= 15 is 0 Å². The third-order valence-corrected chi connectivity index (χ3v) is 4.22. The van der Waals surface area contributed by atoms with E-state index in [1.165, 1.54) is 0 Å². The van der Waals surface area contributed by atoms with Crippen LogP contribution in [-0.4, -0.2) is 18.0 Å². The molecule has 0 spiro atoms. The van der Waals surface area contributed by atoms with Gasteiger partial charge in [-0.2, -0.15) is 0 Å². The van der Waals surface area contributed by atoms with Crippen LogP contribution in [0.5, 0.6) is 0 Å². The quantitative estimate of drug-likeness (QED) is 0.653. The standard InChI is InChI=1S/C13H20O2/c1-5-13(8-15-13)10-7-6-9(2)11(14)12(10,3)4/h6,10H,5,7-8H2,1-4H3/t10-,13?/m1/s1. The molecule has 15 heavy (non-hydrogen) atoms. The van der Waals surface area contributed by atoms with Crippen molar-refractivity contribution in [3.8, 4) is 0 Å². The third-order valence-electron chi connectivity index (χ3n) is 4.22. The van der Waals surface area contributed by atoms with Gasteiger partial charge in [0.15, 0.2) is 5.78 Å². The summed E-state index contributed by atoms with van der Waals surface area (Å²) in [5.74, 6) is 0.647. The van der Waals surface area contributed by atoms with E-state index in [1.807, 2.05) is 6.92 Å². The molecular weight excluding hydrogens is 188 g/mol. The molecule has 0 amide bonds. The first-order chi connectivity index (χ1) is 6.94. The summed E-state index contributed by atoms with van der Waals surface area (Å²) in [5.41, 5.74) is 0.657. The monoisotopic (exact) mass is 208 g/mol. The van der Waals surface area contributed by atoms with Crippen LogP contribution in [0.1, 0.15) is 40.5 Å². The highest BCUT2D eigenvalue weighted by atomic mass is 16.6. The van der Waals surface area contributed by atoms with Crippen molar-refractivity contribution in [3.05, 3.63) is 11.6 Å². The number of allylic oxidation sites excluding steroid dienone is 2. The molecule has 1 aliphatic carbocycles. The molecule has 0 aromatic carbocycles. The summed E-state index contributed by atoms with van der Waals surface area (Å²) < 4.78 is 5.62. The molecule has 1 heterocycles. The van der Waals surface area contributed by atoms with Crippen molar-refractivity contribution in [3.63, 3.8) is 0 Å². The predicted octanol–water partition coefficient (Wildman–Crippen LogP) is 2.73. The van der Waals surface area contributed by atoms with Crippen LogP contribution < -0.4 is 0 Å². The number of epoxide rings is 1. The van der Waals surface area contributed by atoms with Crippen molar-refractivity contribution in [1.82, 2.24) is 0 Å². The van der Waals surface area contributed by atoms with Crippen LogP contribution in [0.3, 0.4) is 0 Å². The summed E-state index contributed by atoms with van der Waals surface area (Å²) in [7, 11) is 0. The Hall–Kier alpha value is -0.630. The van der Waals surface area contributed by atoms with E-state index in [-0.39, 0.29) is 11.0 Å². The maximum atomic E-state index is 12.1. The van der Waals surface area contributed by atoms with Gasteiger partial charge in [0.25, 0.3) is 0 Å². The molecular formula is C13H20O2. The van der Waals surface area contributed by atoms with Gasteiger partial charge in [0.2, 0.25) is 0 Å². The molecule has 1 aliphatic heterocycles. The van der Waals surface area contributed by atoms with E-state index in [0.29, 0.717) is 11.7 Å². The zero-order valence-corrected chi connectivity index (χ0v) is 10.1. The van der Waals surface area contributed by atoms with Gasteiger partial charge in [0, 0.05) is 11.3 Å². The number of rotatable bonds is 2. The van der Waals surface area contributed by atoms with Crippen molar-refractivity contribution in [1.29, 1.82) is 0 Å². The molecule has 0 saturated carbocycles. The van der Waals surface area contributed by atoms with Gasteiger partial charge in [0.05, 0.1) is 12.2 Å². The van der Waals surface area contributed by atoms with Crippen molar-refractivity contribution >= 4 is 5.78 Å². The van der Waals surface area contributed by atoms with Crippen LogP contribution in [0.4, 0.5) is 0 Å². The van der Waals surface area contributed by atoms with E-state index in [0.717, 1.165) is 25.0 Å². The Morgan fingerprint density at radius 2 is 2.13 bits per heavy atom. The molecule has 0 bridgehead atoms. The van der Waals surface area contributed by atoms with Gasteiger partial charge >= 0.3 is 0 Å². The molecule has 1 unspecified atom stereocenters. The molecule has 0 aromatic heterocycles. The minimum Gasteiger partial charge on any atom is -0.369 e. The summed E-state index contributed by atoms with van der Waals surface area (Å²) in [5, 5.41) is 0. The van der Waals surface area contributed by atoms with Crippen molar-refractivity contribution in [2.24, 2.45) is 11.3 Å². The molecule has 1 saturated heterocycles. The Bertz CT molecular complexity index is 321. The maximum absolute atomic E-state index is 12.1. The highest BCUT2D eigenvalue weighted by Crippen LogP contribution is 2.51. The highest BCUT2D eigenvalue weighted by Gasteiger charge is 2.57. The number of ether oxygens (including phenoxy) is 1. The van der Waals surface area contributed by atoms with Crippen LogP contribution in [0.15, 0.2) is 11.6 Å². The molecule has 84 valence electrons. The first-order valence-electron chi connectivity index (χ1n) is 5.79. The summed E-state index contributed by atoms with van der Waals surface area (Å²) >= 11 is 0. The van der Waals surface area contributed by atoms with Crippen LogP contribution in [-0.2, 0) is 9.53 Å². The second-order valence-corrected chi connectivity index (χ2v) is 5.43. The number of ketones is 1. The fourth-order valence-corrected chi connectivity index (χ4v) is 2.97. The molecule has 1 fully saturated rings. The lowest BCUT2D eigenvalue weighted by Crippen LogP contribution is -2.44. The van der Waals surface area contributed by atoms with Gasteiger partial charge < -0.3 is 4.74 Å². The number of Topliss-reactive ketones (excluding diaryl/α,β-unsaturated/α-hetero) is 1. The molecule has 2 atom stereocenters. The van der Waals surface area contributed by atoms with Crippen LogP contribution in [0.2, 0.25) is 0 Å². The predicted molar refractivity (Wildman–Crippen MR) is 59.6 cm³/mol. The lowest BCUT2D eigenvalue weighted by Gasteiger charge is -2.39. The second kappa shape index (κ2) is 3.18. The molecule has 0 N–H and O–H groups in total. The summed E-state index contributed by atoms with van der Waals surface area (Å²) in [6.07, 6.45) is 4.08. The fourth-order valence-electron chi connectivity index (χ4n) is 2.97. The Morgan fingerprint density at radius 1 is 1.53 bits per heavy atom. The van der Waals surface area contributed by atoms with Crippen LogP contribution in [0, 0.1) is 11.3 Å². The first-order valence-corrected chi connectivity index (χ1v) is 5.79. The average molecular weight is 208 g/mol. The Balaban J connectivity index is 2.32. The third kappa shape index (κ3) is 1.46. The van der Waals surface area contributed by atoms with Gasteiger partial charge in [-0.3, -0.25) is 4.79 Å².